The van der Waals surface area contributed by atoms with Gasteiger partial charge in [0.05, 0.1) is 5.69 Å². The number of hydrogen-bond donors (Lipinski definition) is 2. The van der Waals surface area contributed by atoms with Gasteiger partial charge in [-0.3, -0.25) is 0 Å². The average molecular weight is 263 g/mol. The molecule has 17 heavy (non-hydrogen) atoms. The molecule has 3 N–H and O–H groups in total. The van der Waals surface area contributed by atoms with Crippen LogP contribution in [0.2, 0.25) is 5.02 Å². The Bertz CT molecular complexity index is 672. The van der Waals surface area contributed by atoms with E-state index in [1.165, 1.54) is 0 Å². The number of benzene rings is 1. The standard InChI is InChI=1S/C11H7ClN4S/c12-7-3-1-2-6(4-7)9-8(5-13)10(14)16-11(17)15-9/h1-4H,(H3,14,15,16,17). The third-order valence-electron chi connectivity index (χ3n) is 2.19. The van der Waals surface area contributed by atoms with Crippen molar-refractivity contribution in [1.29, 1.82) is 5.26 Å². The first kappa shape index (κ1) is 11.6. The molecule has 0 atom stereocenters. The molecule has 0 bridgehead atoms. The third kappa shape index (κ3) is 2.28. The largest absolute Gasteiger partial charge is 0.382 e. The molecule has 0 saturated carbocycles. The molecule has 1 aromatic carbocycles. The molecule has 0 aliphatic rings. The molecule has 2 rings (SSSR count). The van der Waals surface area contributed by atoms with Gasteiger partial charge in [0.2, 0.25) is 0 Å². The maximum atomic E-state index is 9.06. The van der Waals surface area contributed by atoms with E-state index in [9.17, 15) is 0 Å². The van der Waals surface area contributed by atoms with Crippen molar-refractivity contribution >= 4 is 29.6 Å². The van der Waals surface area contributed by atoms with Crippen LogP contribution in [0.3, 0.4) is 0 Å². The summed E-state index contributed by atoms with van der Waals surface area (Å²) in [6.45, 7) is 0. The second kappa shape index (κ2) is 4.53. The topological polar surface area (TPSA) is 78.5 Å². The van der Waals surface area contributed by atoms with Crippen LogP contribution < -0.4 is 5.73 Å². The van der Waals surface area contributed by atoms with E-state index in [1.54, 1.807) is 18.2 Å². The molecular formula is C11H7ClN4S. The SMILES string of the molecule is N#Cc1c(N)nc(=S)[nH]c1-c1cccc(Cl)c1. The number of aromatic nitrogens is 2. The molecule has 0 spiro atoms. The molecule has 84 valence electrons. The van der Waals surface area contributed by atoms with Crippen molar-refractivity contribution in [3.63, 3.8) is 0 Å². The van der Waals surface area contributed by atoms with Crippen LogP contribution in [-0.2, 0) is 0 Å². The second-order valence-corrected chi connectivity index (χ2v) is 4.12. The summed E-state index contributed by atoms with van der Waals surface area (Å²) in [4.78, 5) is 6.69. The van der Waals surface area contributed by atoms with Crippen LogP contribution in [0.1, 0.15) is 5.56 Å². The van der Waals surface area contributed by atoms with Crippen molar-refractivity contribution in [1.82, 2.24) is 9.97 Å². The highest BCUT2D eigenvalue weighted by atomic mass is 35.5. The molecule has 0 amide bonds. The van der Waals surface area contributed by atoms with Crippen molar-refractivity contribution < 1.29 is 0 Å². The van der Waals surface area contributed by atoms with Gasteiger partial charge in [-0.2, -0.15) is 5.26 Å². The Balaban J connectivity index is 2.76. The summed E-state index contributed by atoms with van der Waals surface area (Å²) in [5, 5.41) is 9.63. The van der Waals surface area contributed by atoms with Crippen molar-refractivity contribution in [2.45, 2.75) is 0 Å². The Labute approximate surface area is 108 Å². The minimum absolute atomic E-state index is 0.117. The Morgan fingerprint density at radius 1 is 1.47 bits per heavy atom. The molecule has 0 unspecified atom stereocenters. The van der Waals surface area contributed by atoms with Crippen LogP contribution in [0, 0.1) is 16.1 Å². The van der Waals surface area contributed by atoms with Crippen LogP contribution in [-0.4, -0.2) is 9.97 Å². The number of aromatic amines is 1. The van der Waals surface area contributed by atoms with E-state index in [-0.39, 0.29) is 16.2 Å². The van der Waals surface area contributed by atoms with Gasteiger partial charge in [0.15, 0.2) is 4.77 Å². The third-order valence-corrected chi connectivity index (χ3v) is 2.61. The van der Waals surface area contributed by atoms with Gasteiger partial charge in [-0.1, -0.05) is 23.7 Å². The van der Waals surface area contributed by atoms with Crippen molar-refractivity contribution in [2.75, 3.05) is 5.73 Å². The first-order valence-electron chi connectivity index (χ1n) is 4.67. The summed E-state index contributed by atoms with van der Waals surface area (Å²) in [5.74, 6) is 0.117. The van der Waals surface area contributed by atoms with E-state index in [0.29, 0.717) is 10.7 Å². The monoisotopic (exact) mass is 262 g/mol. The lowest BCUT2D eigenvalue weighted by Crippen LogP contribution is -2.00. The molecule has 0 fully saturated rings. The predicted molar refractivity (Wildman–Crippen MR) is 69.0 cm³/mol. The lowest BCUT2D eigenvalue weighted by atomic mass is 10.1. The summed E-state index contributed by atoms with van der Waals surface area (Å²) in [5.41, 5.74) is 7.20. The molecule has 2 aromatic rings. The van der Waals surface area contributed by atoms with Crippen LogP contribution >= 0.6 is 23.8 Å². The smallest absolute Gasteiger partial charge is 0.199 e. The van der Waals surface area contributed by atoms with Crippen LogP contribution in [0.5, 0.6) is 0 Å². The van der Waals surface area contributed by atoms with Gasteiger partial charge >= 0.3 is 0 Å². The molecule has 6 heteroatoms. The Morgan fingerprint density at radius 3 is 2.88 bits per heavy atom. The molecule has 4 nitrogen and oxygen atoms in total. The van der Waals surface area contributed by atoms with Crippen molar-refractivity contribution in [3.05, 3.63) is 39.6 Å². The van der Waals surface area contributed by atoms with Gasteiger partial charge in [0, 0.05) is 10.6 Å². The zero-order valence-corrected chi connectivity index (χ0v) is 10.1. The van der Waals surface area contributed by atoms with Gasteiger partial charge in [-0.25, -0.2) is 4.98 Å². The van der Waals surface area contributed by atoms with Crippen LogP contribution in [0.15, 0.2) is 24.3 Å². The normalized spacial score (nSPS) is 9.88. The highest BCUT2D eigenvalue weighted by Gasteiger charge is 2.10. The summed E-state index contributed by atoms with van der Waals surface area (Å²) in [7, 11) is 0. The van der Waals surface area contributed by atoms with E-state index in [4.69, 9.17) is 34.8 Å². The number of halogens is 1. The molecule has 0 aliphatic heterocycles. The number of nitrogen functional groups attached to an aromatic ring is 1. The first-order chi connectivity index (χ1) is 8.11. The van der Waals surface area contributed by atoms with E-state index in [1.807, 2.05) is 12.1 Å². The van der Waals surface area contributed by atoms with Gasteiger partial charge in [-0.05, 0) is 24.4 Å². The van der Waals surface area contributed by atoms with Gasteiger partial charge in [-0.15, -0.1) is 0 Å². The fourth-order valence-electron chi connectivity index (χ4n) is 1.46. The minimum Gasteiger partial charge on any atom is -0.382 e. The lowest BCUT2D eigenvalue weighted by Gasteiger charge is -2.06. The Morgan fingerprint density at radius 2 is 2.24 bits per heavy atom. The highest BCUT2D eigenvalue weighted by molar-refractivity contribution is 7.71. The number of nitrogens with zero attached hydrogens (tertiary/aromatic N) is 2. The quantitative estimate of drug-likeness (QED) is 0.775. The Hall–Kier alpha value is -1.90. The average Bonchev–Trinajstić information content (AvgIpc) is 2.28. The van der Waals surface area contributed by atoms with Gasteiger partial charge < -0.3 is 10.7 Å². The zero-order valence-electron chi connectivity index (χ0n) is 8.57. The number of rotatable bonds is 1. The molecular weight excluding hydrogens is 256 g/mol. The lowest BCUT2D eigenvalue weighted by molar-refractivity contribution is 1.13. The predicted octanol–water partition coefficient (Wildman–Crippen LogP) is 2.91. The number of nitriles is 1. The molecule has 0 saturated heterocycles. The maximum Gasteiger partial charge on any atom is 0.199 e. The zero-order chi connectivity index (χ0) is 12.4. The van der Waals surface area contributed by atoms with E-state index in [0.717, 1.165) is 5.56 Å². The minimum atomic E-state index is 0.117. The van der Waals surface area contributed by atoms with Crippen LogP contribution in [0.4, 0.5) is 5.82 Å². The molecule has 0 radical (unpaired) electrons. The Kier molecular flexibility index (Phi) is 3.09. The van der Waals surface area contributed by atoms with Crippen LogP contribution in [0.25, 0.3) is 11.3 Å². The van der Waals surface area contributed by atoms with Crippen molar-refractivity contribution in [3.8, 4) is 17.3 Å². The summed E-state index contributed by atoms with van der Waals surface area (Å²) in [6.07, 6.45) is 0. The maximum absolute atomic E-state index is 9.06. The van der Waals surface area contributed by atoms with E-state index < -0.39 is 0 Å². The van der Waals surface area contributed by atoms with E-state index >= 15 is 0 Å². The van der Waals surface area contributed by atoms with Crippen molar-refractivity contribution in [2.24, 2.45) is 0 Å². The fraction of sp³-hybridized carbons (Fsp3) is 0. The highest BCUT2D eigenvalue weighted by Crippen LogP contribution is 2.25. The second-order valence-electron chi connectivity index (χ2n) is 3.30. The number of nitrogens with one attached hydrogen (secondary N) is 1. The van der Waals surface area contributed by atoms with E-state index in [2.05, 4.69) is 9.97 Å². The number of nitrogens with two attached hydrogens (primary N) is 1. The molecule has 1 aromatic heterocycles. The van der Waals surface area contributed by atoms with Gasteiger partial charge in [0.1, 0.15) is 17.5 Å². The number of anilines is 1. The molecule has 1 heterocycles. The summed E-state index contributed by atoms with van der Waals surface area (Å²) in [6, 6.07) is 9.07. The molecule has 0 aliphatic carbocycles. The number of H-pyrrole nitrogens is 1. The summed E-state index contributed by atoms with van der Waals surface area (Å²) >= 11 is 10.8. The summed E-state index contributed by atoms with van der Waals surface area (Å²) < 4.78 is 0.233. The first-order valence-corrected chi connectivity index (χ1v) is 5.46. The fourth-order valence-corrected chi connectivity index (χ4v) is 1.86. The van der Waals surface area contributed by atoms with Gasteiger partial charge in [0.25, 0.3) is 0 Å². The number of hydrogen-bond acceptors (Lipinski definition) is 4.